The summed E-state index contributed by atoms with van der Waals surface area (Å²) < 4.78 is 0. The van der Waals surface area contributed by atoms with Crippen molar-refractivity contribution in [1.82, 2.24) is 10.2 Å². The molecule has 1 aliphatic rings. The highest BCUT2D eigenvalue weighted by Gasteiger charge is 2.30. The smallest absolute Gasteiger partial charge is 0.229 e. The second kappa shape index (κ2) is 4.40. The minimum absolute atomic E-state index is 0.0267. The molecule has 1 fully saturated rings. The molecule has 1 unspecified atom stereocenters. The lowest BCUT2D eigenvalue weighted by Gasteiger charge is -2.11. The SMILES string of the molecule is C#CC1CC(=O)N(c2cc(CCC)[nH]n2)C1. The van der Waals surface area contributed by atoms with Crippen LogP contribution in [0.25, 0.3) is 0 Å². The van der Waals surface area contributed by atoms with Gasteiger partial charge in [0.1, 0.15) is 0 Å². The third-order valence-corrected chi connectivity index (χ3v) is 2.77. The average molecular weight is 217 g/mol. The standard InChI is InChI=1S/C12H15N3O/c1-3-5-10-7-11(14-13-10)15-8-9(4-2)6-12(15)16/h2,7,9H,3,5-6,8H2,1H3,(H,13,14). The molecular weight excluding hydrogens is 202 g/mol. The summed E-state index contributed by atoms with van der Waals surface area (Å²) in [7, 11) is 0. The van der Waals surface area contributed by atoms with Gasteiger partial charge >= 0.3 is 0 Å². The van der Waals surface area contributed by atoms with Gasteiger partial charge in [0.15, 0.2) is 5.82 Å². The molecule has 0 saturated carbocycles. The van der Waals surface area contributed by atoms with Crippen molar-refractivity contribution < 1.29 is 4.79 Å². The molecule has 0 spiro atoms. The summed E-state index contributed by atoms with van der Waals surface area (Å²) in [6.07, 6.45) is 7.78. The van der Waals surface area contributed by atoms with E-state index in [0.717, 1.165) is 18.5 Å². The molecular formula is C12H15N3O. The first kappa shape index (κ1) is 10.7. The van der Waals surface area contributed by atoms with E-state index in [1.807, 2.05) is 6.07 Å². The molecule has 1 aliphatic heterocycles. The summed E-state index contributed by atoms with van der Waals surface area (Å²) >= 11 is 0. The van der Waals surface area contributed by atoms with Crippen LogP contribution in [0.4, 0.5) is 5.82 Å². The topological polar surface area (TPSA) is 49.0 Å². The van der Waals surface area contributed by atoms with Gasteiger partial charge < -0.3 is 0 Å². The molecule has 1 saturated heterocycles. The third kappa shape index (κ3) is 1.94. The van der Waals surface area contributed by atoms with Crippen LogP contribution >= 0.6 is 0 Å². The Labute approximate surface area is 95.0 Å². The average Bonchev–Trinajstić information content (AvgIpc) is 2.85. The number of nitrogens with zero attached hydrogens (tertiary/aromatic N) is 2. The first-order chi connectivity index (χ1) is 7.74. The molecule has 84 valence electrons. The van der Waals surface area contributed by atoms with Gasteiger partial charge in [-0.3, -0.25) is 14.8 Å². The Morgan fingerprint density at radius 2 is 2.56 bits per heavy atom. The molecule has 2 rings (SSSR count). The molecule has 0 bridgehead atoms. The zero-order valence-electron chi connectivity index (χ0n) is 9.36. The number of aryl methyl sites for hydroxylation is 1. The molecule has 0 aromatic carbocycles. The number of terminal acetylenes is 1. The number of anilines is 1. The van der Waals surface area contributed by atoms with Gasteiger partial charge in [-0.25, -0.2) is 0 Å². The van der Waals surface area contributed by atoms with E-state index in [0.29, 0.717) is 18.8 Å². The predicted molar refractivity (Wildman–Crippen MR) is 61.9 cm³/mol. The Hall–Kier alpha value is -1.76. The van der Waals surface area contributed by atoms with Gasteiger partial charge in [-0.15, -0.1) is 12.3 Å². The molecule has 4 nitrogen and oxygen atoms in total. The van der Waals surface area contributed by atoms with Crippen LogP contribution < -0.4 is 4.90 Å². The summed E-state index contributed by atoms with van der Waals surface area (Å²) in [6, 6.07) is 1.93. The van der Waals surface area contributed by atoms with E-state index in [2.05, 4.69) is 23.0 Å². The van der Waals surface area contributed by atoms with Crippen LogP contribution in [-0.2, 0) is 11.2 Å². The predicted octanol–water partition coefficient (Wildman–Crippen LogP) is 1.35. The number of aromatic nitrogens is 2. The Bertz CT molecular complexity index is 430. The lowest BCUT2D eigenvalue weighted by molar-refractivity contribution is -0.117. The number of nitrogens with one attached hydrogen (secondary N) is 1. The van der Waals surface area contributed by atoms with Crippen molar-refractivity contribution >= 4 is 11.7 Å². The van der Waals surface area contributed by atoms with Crippen LogP contribution in [0, 0.1) is 18.3 Å². The van der Waals surface area contributed by atoms with E-state index in [1.54, 1.807) is 4.90 Å². The van der Waals surface area contributed by atoms with Gasteiger partial charge in [0.2, 0.25) is 5.91 Å². The molecule has 0 radical (unpaired) electrons. The molecule has 1 N–H and O–H groups in total. The maximum Gasteiger partial charge on any atom is 0.229 e. The Morgan fingerprint density at radius 1 is 1.75 bits per heavy atom. The van der Waals surface area contributed by atoms with E-state index >= 15 is 0 Å². The number of H-pyrrole nitrogens is 1. The van der Waals surface area contributed by atoms with Crippen molar-refractivity contribution in [3.8, 4) is 12.3 Å². The molecule has 1 amide bonds. The quantitative estimate of drug-likeness (QED) is 0.777. The van der Waals surface area contributed by atoms with Gasteiger partial charge in [-0.2, -0.15) is 5.10 Å². The fourth-order valence-electron chi connectivity index (χ4n) is 1.93. The molecule has 4 heteroatoms. The number of hydrogen-bond acceptors (Lipinski definition) is 2. The number of hydrogen-bond donors (Lipinski definition) is 1. The highest BCUT2D eigenvalue weighted by atomic mass is 16.2. The molecule has 16 heavy (non-hydrogen) atoms. The van der Waals surface area contributed by atoms with Crippen molar-refractivity contribution in [3.05, 3.63) is 11.8 Å². The molecule has 1 aromatic rings. The summed E-state index contributed by atoms with van der Waals surface area (Å²) in [6.45, 7) is 2.70. The maximum absolute atomic E-state index is 11.7. The van der Waals surface area contributed by atoms with Crippen molar-refractivity contribution in [2.75, 3.05) is 11.4 Å². The highest BCUT2D eigenvalue weighted by Crippen LogP contribution is 2.23. The van der Waals surface area contributed by atoms with Gasteiger partial charge in [-0.05, 0) is 6.42 Å². The lowest BCUT2D eigenvalue weighted by Crippen LogP contribution is -2.24. The number of rotatable bonds is 3. The van der Waals surface area contributed by atoms with Gasteiger partial charge in [-0.1, -0.05) is 13.3 Å². The summed E-state index contributed by atoms with van der Waals surface area (Å²) in [5.41, 5.74) is 1.06. The van der Waals surface area contributed by atoms with E-state index in [9.17, 15) is 4.79 Å². The normalized spacial score (nSPS) is 20.1. The minimum Gasteiger partial charge on any atom is -0.294 e. The molecule has 1 atom stereocenters. The number of carbonyl (C=O) groups excluding carboxylic acids is 1. The van der Waals surface area contributed by atoms with Gasteiger partial charge in [0, 0.05) is 30.6 Å². The van der Waals surface area contributed by atoms with Crippen LogP contribution in [0.3, 0.4) is 0 Å². The summed E-state index contributed by atoms with van der Waals surface area (Å²) in [5, 5.41) is 7.09. The van der Waals surface area contributed by atoms with E-state index in [-0.39, 0.29) is 11.8 Å². The Morgan fingerprint density at radius 3 is 3.19 bits per heavy atom. The fourth-order valence-corrected chi connectivity index (χ4v) is 1.93. The van der Waals surface area contributed by atoms with Gasteiger partial charge in [0.25, 0.3) is 0 Å². The van der Waals surface area contributed by atoms with E-state index in [1.165, 1.54) is 0 Å². The number of amides is 1. The zero-order valence-corrected chi connectivity index (χ0v) is 9.36. The molecule has 0 aliphatic carbocycles. The first-order valence-electron chi connectivity index (χ1n) is 5.55. The summed E-state index contributed by atoms with van der Waals surface area (Å²) in [5.74, 6) is 3.42. The van der Waals surface area contributed by atoms with Crippen LogP contribution in [0.5, 0.6) is 0 Å². The largest absolute Gasteiger partial charge is 0.294 e. The Kier molecular flexibility index (Phi) is 2.95. The number of aromatic amines is 1. The van der Waals surface area contributed by atoms with Crippen molar-refractivity contribution in [2.45, 2.75) is 26.2 Å². The maximum atomic E-state index is 11.7. The van der Waals surface area contributed by atoms with Crippen molar-refractivity contribution in [2.24, 2.45) is 5.92 Å². The fraction of sp³-hybridized carbons (Fsp3) is 0.500. The Balaban J connectivity index is 2.12. The first-order valence-corrected chi connectivity index (χ1v) is 5.55. The second-order valence-electron chi connectivity index (χ2n) is 4.07. The van der Waals surface area contributed by atoms with Crippen LogP contribution in [0.15, 0.2) is 6.07 Å². The zero-order chi connectivity index (χ0) is 11.5. The van der Waals surface area contributed by atoms with Crippen molar-refractivity contribution in [1.29, 1.82) is 0 Å². The monoisotopic (exact) mass is 217 g/mol. The highest BCUT2D eigenvalue weighted by molar-refractivity contribution is 5.95. The van der Waals surface area contributed by atoms with E-state index in [4.69, 9.17) is 6.42 Å². The van der Waals surface area contributed by atoms with E-state index < -0.39 is 0 Å². The van der Waals surface area contributed by atoms with Crippen molar-refractivity contribution in [3.63, 3.8) is 0 Å². The van der Waals surface area contributed by atoms with Crippen LogP contribution in [0.1, 0.15) is 25.5 Å². The summed E-state index contributed by atoms with van der Waals surface area (Å²) in [4.78, 5) is 13.4. The minimum atomic E-state index is 0.0267. The lowest BCUT2D eigenvalue weighted by atomic mass is 10.1. The van der Waals surface area contributed by atoms with Gasteiger partial charge in [0.05, 0.1) is 0 Å². The second-order valence-corrected chi connectivity index (χ2v) is 4.07. The molecule has 1 aromatic heterocycles. The molecule has 2 heterocycles. The number of carbonyl (C=O) groups is 1. The van der Waals surface area contributed by atoms with Crippen LogP contribution in [-0.4, -0.2) is 22.6 Å². The van der Waals surface area contributed by atoms with Crippen LogP contribution in [0.2, 0.25) is 0 Å². The third-order valence-electron chi connectivity index (χ3n) is 2.77.